The van der Waals surface area contributed by atoms with E-state index in [-0.39, 0.29) is 34.9 Å². The Kier molecular flexibility index (Phi) is 7.78. The minimum absolute atomic E-state index is 0.143. The molecule has 5 nitrogen and oxygen atoms in total. The van der Waals surface area contributed by atoms with Crippen LogP contribution in [0.3, 0.4) is 0 Å². The zero-order valence-electron chi connectivity index (χ0n) is 24.8. The van der Waals surface area contributed by atoms with Gasteiger partial charge >= 0.3 is 5.97 Å². The van der Waals surface area contributed by atoms with E-state index in [1.165, 1.54) is 25.7 Å². The molecule has 5 rings (SSSR count). The van der Waals surface area contributed by atoms with Gasteiger partial charge in [0.2, 0.25) is 0 Å². The Balaban J connectivity index is 1.32. The summed E-state index contributed by atoms with van der Waals surface area (Å²) >= 11 is 0. The molecule has 0 saturated heterocycles. The van der Waals surface area contributed by atoms with Crippen molar-refractivity contribution in [2.75, 3.05) is 0 Å². The van der Waals surface area contributed by atoms with E-state index in [1.54, 1.807) is 12.1 Å². The second kappa shape index (κ2) is 10.4. The van der Waals surface area contributed by atoms with Crippen LogP contribution in [-0.4, -0.2) is 44.2 Å². The third-order valence-corrected chi connectivity index (χ3v) is 12.7. The first-order chi connectivity index (χ1) is 18.3. The fourth-order valence-corrected chi connectivity index (χ4v) is 10.8. The van der Waals surface area contributed by atoms with E-state index in [0.29, 0.717) is 35.2 Å². The van der Waals surface area contributed by atoms with Crippen LogP contribution in [0, 0.1) is 46.3 Å². The highest BCUT2D eigenvalue weighted by Gasteiger charge is 2.62. The predicted octanol–water partition coefficient (Wildman–Crippen LogP) is 6.65. The molecule has 0 bridgehead atoms. The van der Waals surface area contributed by atoms with Crippen molar-refractivity contribution in [2.24, 2.45) is 46.3 Å². The molecule has 4 aliphatic carbocycles. The summed E-state index contributed by atoms with van der Waals surface area (Å²) in [5.41, 5.74) is 0.424. The van der Waals surface area contributed by atoms with Crippen LogP contribution >= 0.6 is 0 Å². The van der Waals surface area contributed by atoms with E-state index in [9.17, 15) is 25.2 Å². The monoisotopic (exact) mass is 540 g/mol. The average molecular weight is 541 g/mol. The molecule has 0 amide bonds. The van der Waals surface area contributed by atoms with E-state index in [1.807, 2.05) is 26.0 Å². The Bertz CT molecular complexity index is 1050. The third-order valence-electron chi connectivity index (χ3n) is 12.7. The first-order valence-electron chi connectivity index (χ1n) is 15.7. The van der Waals surface area contributed by atoms with Gasteiger partial charge in [-0.3, -0.25) is 0 Å². The lowest BCUT2D eigenvalue weighted by atomic mass is 9.43. The van der Waals surface area contributed by atoms with Crippen molar-refractivity contribution in [1.29, 1.82) is 0 Å². The summed E-state index contributed by atoms with van der Waals surface area (Å²) in [6.45, 7) is 10.9. The van der Waals surface area contributed by atoms with Crippen LogP contribution in [0.5, 0.6) is 0 Å². The Morgan fingerprint density at radius 1 is 0.949 bits per heavy atom. The van der Waals surface area contributed by atoms with Crippen molar-refractivity contribution in [3.05, 3.63) is 35.4 Å². The fourth-order valence-electron chi connectivity index (χ4n) is 10.8. The molecule has 0 spiro atoms. The van der Waals surface area contributed by atoms with Crippen LogP contribution in [0.15, 0.2) is 24.3 Å². The molecular formula is C34H52O5. The third kappa shape index (κ3) is 4.99. The number of hydrogen-bond donors (Lipinski definition) is 4. The van der Waals surface area contributed by atoms with E-state index in [2.05, 4.69) is 20.8 Å². The summed E-state index contributed by atoms with van der Waals surface area (Å²) in [6, 6.07) is 7.16. The highest BCUT2D eigenvalue weighted by Crippen LogP contribution is 2.68. The van der Waals surface area contributed by atoms with Crippen LogP contribution in [-0.2, 0) is 0 Å². The quantitative estimate of drug-likeness (QED) is 0.311. The van der Waals surface area contributed by atoms with Crippen molar-refractivity contribution >= 4 is 5.97 Å². The summed E-state index contributed by atoms with van der Waals surface area (Å²) in [7, 11) is 0. The number of fused-ring (bicyclic) bond motifs is 5. The second-order valence-electron chi connectivity index (χ2n) is 15.1. The molecule has 0 aliphatic heterocycles. The molecule has 4 aliphatic rings. The molecule has 0 aromatic heterocycles. The Hall–Kier alpha value is -1.43. The molecular weight excluding hydrogens is 488 g/mol. The maximum Gasteiger partial charge on any atom is 0.335 e. The molecule has 39 heavy (non-hydrogen) atoms. The molecule has 4 fully saturated rings. The summed E-state index contributed by atoms with van der Waals surface area (Å²) < 4.78 is 0. The zero-order chi connectivity index (χ0) is 28.3. The average Bonchev–Trinajstić information content (AvgIpc) is 3.22. The molecule has 4 N–H and O–H groups in total. The number of carbonyl (C=O) groups is 1. The van der Waals surface area contributed by atoms with Crippen LogP contribution in [0.4, 0.5) is 0 Å². The van der Waals surface area contributed by atoms with Gasteiger partial charge < -0.3 is 20.4 Å². The van der Waals surface area contributed by atoms with Crippen LogP contribution < -0.4 is 0 Å². The van der Waals surface area contributed by atoms with Crippen molar-refractivity contribution in [2.45, 2.75) is 123 Å². The molecule has 11 atom stereocenters. The minimum atomic E-state index is -1.01. The van der Waals surface area contributed by atoms with E-state index in [4.69, 9.17) is 0 Å². The van der Waals surface area contributed by atoms with Gasteiger partial charge in [0.1, 0.15) is 0 Å². The predicted molar refractivity (Wildman–Crippen MR) is 153 cm³/mol. The largest absolute Gasteiger partial charge is 0.478 e. The van der Waals surface area contributed by atoms with Gasteiger partial charge in [-0.15, -0.1) is 0 Å². The number of aliphatic hydroxyl groups is 3. The van der Waals surface area contributed by atoms with Gasteiger partial charge in [-0.05, 0) is 136 Å². The van der Waals surface area contributed by atoms with E-state index >= 15 is 0 Å². The lowest BCUT2D eigenvalue weighted by Crippen LogP contribution is -2.58. The number of aromatic carboxylic acids is 1. The zero-order valence-corrected chi connectivity index (χ0v) is 24.8. The minimum Gasteiger partial charge on any atom is -0.478 e. The standard InChI is InChI=1S/C34H52O5/c1-20(10-11-26(32(2,3)39)22-8-6-7-9-23(22)31(37)38)25-12-13-27-24-19-30(36)29-18-21(35)14-16-34(29,5)28(24)15-17-33(25,27)4/h6-9,20-21,24-30,35-36,39H,10-19H2,1-5H3,(H,37,38)/t20-,21-,24+,25-,26-,27+,28+,29+,30+,33-,34-/m1/s1. The first-order valence-corrected chi connectivity index (χ1v) is 15.7. The molecule has 5 heteroatoms. The molecule has 1 aromatic carbocycles. The number of hydrogen-bond acceptors (Lipinski definition) is 4. The SMILES string of the molecule is C[C@H](CC[C@H](c1ccccc1C(=O)O)C(C)(C)O)[C@H]1CC[C@H]2[C@@H]3C[C@H](O)[C@@H]4C[C@H](O)CC[C@]4(C)[C@H]3CC[C@]12C. The summed E-state index contributed by atoms with van der Waals surface area (Å²) in [6.07, 6.45) is 9.67. The van der Waals surface area contributed by atoms with E-state index in [0.717, 1.165) is 44.1 Å². The van der Waals surface area contributed by atoms with Gasteiger partial charge in [0, 0.05) is 5.92 Å². The van der Waals surface area contributed by atoms with Gasteiger partial charge in [0.15, 0.2) is 0 Å². The number of benzene rings is 1. The maximum atomic E-state index is 12.0. The molecule has 0 radical (unpaired) electrons. The van der Waals surface area contributed by atoms with Crippen LogP contribution in [0.25, 0.3) is 0 Å². The Labute approximate surface area is 235 Å². The number of aliphatic hydroxyl groups excluding tert-OH is 2. The summed E-state index contributed by atoms with van der Waals surface area (Å²) in [5, 5.41) is 42.6. The normalized spacial score (nSPS) is 41.7. The maximum absolute atomic E-state index is 12.0. The highest BCUT2D eigenvalue weighted by molar-refractivity contribution is 5.89. The number of carboxylic acids is 1. The van der Waals surface area contributed by atoms with Crippen LogP contribution in [0.1, 0.15) is 121 Å². The summed E-state index contributed by atoms with van der Waals surface area (Å²) in [4.78, 5) is 12.0. The van der Waals surface area contributed by atoms with Crippen molar-refractivity contribution < 1.29 is 25.2 Å². The first kappa shape index (κ1) is 29.1. The van der Waals surface area contributed by atoms with Crippen molar-refractivity contribution in [3.8, 4) is 0 Å². The van der Waals surface area contributed by atoms with Crippen molar-refractivity contribution in [1.82, 2.24) is 0 Å². The Morgan fingerprint density at radius 2 is 1.62 bits per heavy atom. The molecule has 0 unspecified atom stereocenters. The topological polar surface area (TPSA) is 98.0 Å². The van der Waals surface area contributed by atoms with Gasteiger partial charge in [-0.25, -0.2) is 4.79 Å². The number of carboxylic acid groups (broad SMARTS) is 1. The van der Waals surface area contributed by atoms with Crippen molar-refractivity contribution in [3.63, 3.8) is 0 Å². The molecule has 4 saturated carbocycles. The summed E-state index contributed by atoms with van der Waals surface area (Å²) in [5.74, 6) is 2.01. The fraction of sp³-hybridized carbons (Fsp3) is 0.794. The lowest BCUT2D eigenvalue weighted by molar-refractivity contribution is -0.172. The molecule has 218 valence electrons. The van der Waals surface area contributed by atoms with Gasteiger partial charge in [0.05, 0.1) is 23.4 Å². The molecule has 0 heterocycles. The number of rotatable bonds is 7. The Morgan fingerprint density at radius 3 is 2.31 bits per heavy atom. The van der Waals surface area contributed by atoms with Gasteiger partial charge in [-0.1, -0.05) is 39.0 Å². The van der Waals surface area contributed by atoms with Gasteiger partial charge in [-0.2, -0.15) is 0 Å². The smallest absolute Gasteiger partial charge is 0.335 e. The lowest BCUT2D eigenvalue weighted by Gasteiger charge is -2.62. The highest BCUT2D eigenvalue weighted by atomic mass is 16.4. The molecule has 1 aromatic rings. The van der Waals surface area contributed by atoms with Gasteiger partial charge in [0.25, 0.3) is 0 Å². The van der Waals surface area contributed by atoms with E-state index < -0.39 is 11.6 Å². The van der Waals surface area contributed by atoms with Crippen LogP contribution in [0.2, 0.25) is 0 Å². The second-order valence-corrected chi connectivity index (χ2v) is 15.1.